The molecule has 0 bridgehead atoms. The Morgan fingerprint density at radius 3 is 2.68 bits per heavy atom. The first kappa shape index (κ1) is 12.8. The quantitative estimate of drug-likeness (QED) is 0.776. The minimum Gasteiger partial charge on any atom is -0.397 e. The number of nitrogens with two attached hydrogens (primary N) is 1. The summed E-state index contributed by atoms with van der Waals surface area (Å²) < 4.78 is 0. The molecule has 1 amide bonds. The van der Waals surface area contributed by atoms with Crippen LogP contribution in [-0.2, 0) is 0 Å². The Kier molecular flexibility index (Phi) is 2.96. The van der Waals surface area contributed by atoms with E-state index in [9.17, 15) is 4.79 Å². The lowest BCUT2D eigenvalue weighted by Crippen LogP contribution is -2.17. The van der Waals surface area contributed by atoms with Gasteiger partial charge in [-0.2, -0.15) is 0 Å². The molecule has 2 fully saturated rings. The summed E-state index contributed by atoms with van der Waals surface area (Å²) in [4.78, 5) is 12.5. The summed E-state index contributed by atoms with van der Waals surface area (Å²) in [7, 11) is 1.65. The van der Waals surface area contributed by atoms with Crippen LogP contribution < -0.4 is 16.4 Å². The maximum atomic E-state index is 11.8. The average molecular weight is 279 g/mol. The molecule has 0 atom stereocenters. The van der Waals surface area contributed by atoms with Crippen LogP contribution in [0.1, 0.15) is 53.8 Å². The monoisotopic (exact) mass is 279 g/mol. The summed E-state index contributed by atoms with van der Waals surface area (Å²) in [6.45, 7) is 3.29. The normalized spacial score (nSPS) is 20.1. The van der Waals surface area contributed by atoms with Crippen molar-refractivity contribution in [2.75, 3.05) is 24.6 Å². The van der Waals surface area contributed by atoms with Crippen LogP contribution >= 0.6 is 11.3 Å². The number of hydrogen-bond donors (Lipinski definition) is 3. The Morgan fingerprint density at radius 1 is 1.47 bits per heavy atom. The zero-order valence-electron chi connectivity index (χ0n) is 11.5. The number of thiophene rings is 1. The smallest absolute Gasteiger partial charge is 0.263 e. The van der Waals surface area contributed by atoms with Gasteiger partial charge in [-0.3, -0.25) is 4.79 Å². The van der Waals surface area contributed by atoms with Gasteiger partial charge in [0.1, 0.15) is 4.88 Å². The summed E-state index contributed by atoms with van der Waals surface area (Å²) in [6.07, 6.45) is 4.98. The molecule has 1 aromatic rings. The Hall–Kier alpha value is -1.23. The fourth-order valence-electron chi connectivity index (χ4n) is 2.33. The largest absolute Gasteiger partial charge is 0.397 e. The standard InChI is InChI=1S/C14H21N3OS/c1-14(5-6-14)7-17-13-9(8-3-4-8)10(15)11(19-13)12(18)16-2/h8,17H,3-7,15H2,1-2H3,(H,16,18). The summed E-state index contributed by atoms with van der Waals surface area (Å²) in [6, 6.07) is 0. The second-order valence-electron chi connectivity index (χ2n) is 6.11. The van der Waals surface area contributed by atoms with Crippen molar-refractivity contribution in [3.8, 4) is 0 Å². The van der Waals surface area contributed by atoms with Crippen LogP contribution in [0.3, 0.4) is 0 Å². The highest BCUT2D eigenvalue weighted by Crippen LogP contribution is 2.52. The number of carbonyl (C=O) groups excluding carboxylic acids is 1. The third-order valence-electron chi connectivity index (χ3n) is 4.18. The number of amides is 1. The summed E-state index contributed by atoms with van der Waals surface area (Å²) in [5, 5.41) is 7.32. The van der Waals surface area contributed by atoms with Crippen molar-refractivity contribution < 1.29 is 4.79 Å². The van der Waals surface area contributed by atoms with Crippen LogP contribution in [0.25, 0.3) is 0 Å². The van der Waals surface area contributed by atoms with Crippen LogP contribution in [0.2, 0.25) is 0 Å². The van der Waals surface area contributed by atoms with Gasteiger partial charge in [-0.15, -0.1) is 11.3 Å². The van der Waals surface area contributed by atoms with Gasteiger partial charge in [-0.05, 0) is 37.0 Å². The fourth-order valence-corrected chi connectivity index (χ4v) is 3.48. The predicted octanol–water partition coefficient (Wildman–Crippen LogP) is 2.78. The predicted molar refractivity (Wildman–Crippen MR) is 79.9 cm³/mol. The fraction of sp³-hybridized carbons (Fsp3) is 0.643. The molecular formula is C14H21N3OS. The van der Waals surface area contributed by atoms with Crippen molar-refractivity contribution >= 4 is 27.9 Å². The molecule has 0 aliphatic heterocycles. The van der Waals surface area contributed by atoms with Crippen molar-refractivity contribution in [2.45, 2.75) is 38.5 Å². The van der Waals surface area contributed by atoms with E-state index < -0.39 is 0 Å². The lowest BCUT2D eigenvalue weighted by molar-refractivity contribution is 0.0968. The molecular weight excluding hydrogens is 258 g/mol. The molecule has 0 radical (unpaired) electrons. The molecule has 2 aliphatic rings. The van der Waals surface area contributed by atoms with E-state index in [1.54, 1.807) is 7.05 Å². The average Bonchev–Trinajstić information content (AvgIpc) is 3.30. The molecule has 2 aliphatic carbocycles. The van der Waals surface area contributed by atoms with Crippen molar-refractivity contribution in [3.05, 3.63) is 10.4 Å². The van der Waals surface area contributed by atoms with E-state index in [4.69, 9.17) is 5.73 Å². The maximum Gasteiger partial charge on any atom is 0.263 e. The number of carbonyl (C=O) groups is 1. The minimum absolute atomic E-state index is 0.0740. The molecule has 19 heavy (non-hydrogen) atoms. The van der Waals surface area contributed by atoms with Gasteiger partial charge >= 0.3 is 0 Å². The number of anilines is 2. The van der Waals surface area contributed by atoms with Gasteiger partial charge in [0.2, 0.25) is 0 Å². The third kappa shape index (κ3) is 2.43. The molecule has 1 heterocycles. The zero-order chi connectivity index (χ0) is 13.6. The molecule has 0 saturated heterocycles. The van der Waals surface area contributed by atoms with Crippen LogP contribution in [0.15, 0.2) is 0 Å². The van der Waals surface area contributed by atoms with Crippen LogP contribution in [-0.4, -0.2) is 19.5 Å². The third-order valence-corrected chi connectivity index (χ3v) is 5.36. The number of nitrogen functional groups attached to an aromatic ring is 1. The van der Waals surface area contributed by atoms with E-state index in [1.807, 2.05) is 0 Å². The van der Waals surface area contributed by atoms with E-state index in [1.165, 1.54) is 42.6 Å². The van der Waals surface area contributed by atoms with E-state index in [0.29, 0.717) is 21.9 Å². The van der Waals surface area contributed by atoms with Gasteiger partial charge in [0.15, 0.2) is 0 Å². The van der Waals surface area contributed by atoms with Gasteiger partial charge in [-0.25, -0.2) is 0 Å². The highest BCUT2D eigenvalue weighted by Gasteiger charge is 2.38. The topological polar surface area (TPSA) is 67.2 Å². The van der Waals surface area contributed by atoms with Crippen LogP contribution in [0.5, 0.6) is 0 Å². The minimum atomic E-state index is -0.0740. The van der Waals surface area contributed by atoms with E-state index >= 15 is 0 Å². The van der Waals surface area contributed by atoms with E-state index in [0.717, 1.165) is 11.5 Å². The van der Waals surface area contributed by atoms with Crippen molar-refractivity contribution in [1.82, 2.24) is 5.32 Å². The molecule has 1 aromatic heterocycles. The lowest BCUT2D eigenvalue weighted by atomic mass is 10.1. The zero-order valence-corrected chi connectivity index (χ0v) is 12.3. The first-order valence-electron chi connectivity index (χ1n) is 6.92. The highest BCUT2D eigenvalue weighted by molar-refractivity contribution is 7.18. The summed E-state index contributed by atoms with van der Waals surface area (Å²) in [5.41, 5.74) is 8.52. The Labute approximate surface area is 117 Å². The Balaban J connectivity index is 1.86. The molecule has 104 valence electrons. The van der Waals surface area contributed by atoms with Gasteiger partial charge < -0.3 is 16.4 Å². The Bertz CT molecular complexity index is 515. The Morgan fingerprint density at radius 2 is 2.16 bits per heavy atom. The van der Waals surface area contributed by atoms with Crippen LogP contribution in [0, 0.1) is 5.41 Å². The molecule has 5 heteroatoms. The van der Waals surface area contributed by atoms with Crippen molar-refractivity contribution in [1.29, 1.82) is 0 Å². The van der Waals surface area contributed by atoms with Gasteiger partial charge in [0.25, 0.3) is 5.91 Å². The van der Waals surface area contributed by atoms with Gasteiger partial charge in [0, 0.05) is 19.2 Å². The van der Waals surface area contributed by atoms with Gasteiger partial charge in [0.05, 0.1) is 10.7 Å². The first-order chi connectivity index (χ1) is 9.04. The number of rotatable bonds is 5. The summed E-state index contributed by atoms with van der Waals surface area (Å²) >= 11 is 1.51. The molecule has 0 spiro atoms. The second-order valence-corrected chi connectivity index (χ2v) is 7.13. The molecule has 4 N–H and O–H groups in total. The lowest BCUT2D eigenvalue weighted by Gasteiger charge is -2.11. The number of nitrogens with one attached hydrogen (secondary N) is 2. The maximum absolute atomic E-state index is 11.8. The highest BCUT2D eigenvalue weighted by atomic mass is 32.1. The second kappa shape index (κ2) is 4.40. The van der Waals surface area contributed by atoms with E-state index in [-0.39, 0.29) is 5.91 Å². The van der Waals surface area contributed by atoms with E-state index in [2.05, 4.69) is 17.6 Å². The van der Waals surface area contributed by atoms with Crippen molar-refractivity contribution in [3.63, 3.8) is 0 Å². The SMILES string of the molecule is CNC(=O)c1sc(NCC2(C)CC2)c(C2CC2)c1N. The van der Waals surface area contributed by atoms with Gasteiger partial charge in [-0.1, -0.05) is 6.92 Å². The molecule has 3 rings (SSSR count). The first-order valence-corrected chi connectivity index (χ1v) is 7.74. The molecule has 0 unspecified atom stereocenters. The van der Waals surface area contributed by atoms with Crippen LogP contribution in [0.4, 0.5) is 10.7 Å². The van der Waals surface area contributed by atoms with Crippen molar-refractivity contribution in [2.24, 2.45) is 5.41 Å². The molecule has 2 saturated carbocycles. The molecule has 0 aromatic carbocycles. The summed E-state index contributed by atoms with van der Waals surface area (Å²) in [5.74, 6) is 0.485. The number of hydrogen-bond acceptors (Lipinski definition) is 4. The molecule has 4 nitrogen and oxygen atoms in total.